The maximum absolute atomic E-state index is 4.37. The number of hydrogen-bond acceptors (Lipinski definition) is 14. The molecule has 14 rings (SSSR count). The minimum atomic E-state index is 0.839. The number of pyridine rings is 12. The zero-order chi connectivity index (χ0) is 73.9. The fourth-order valence-electron chi connectivity index (χ4n) is 9.84. The lowest BCUT2D eigenvalue weighted by Crippen LogP contribution is -1.92. The van der Waals surface area contributed by atoms with Crippen LogP contribution in [0.15, 0.2) is 171 Å². The van der Waals surface area contributed by atoms with Crippen molar-refractivity contribution >= 4 is 76.2 Å². The number of hydrogen-bond donors (Lipinski definition) is 0. The summed E-state index contributed by atoms with van der Waals surface area (Å²) in [6.07, 6.45) is 16.3. The van der Waals surface area contributed by atoms with Crippen molar-refractivity contribution < 1.29 is 0 Å². The third-order valence-corrected chi connectivity index (χ3v) is 13.5. The van der Waals surface area contributed by atoms with Crippen LogP contribution in [0.5, 0.6) is 0 Å². The summed E-state index contributed by atoms with van der Waals surface area (Å²) < 4.78 is 0. The largest absolute Gasteiger partial charge is 0.264 e. The number of aryl methyl sites for hydroxylation is 14. The first-order valence-corrected chi connectivity index (χ1v) is 34.7. The summed E-state index contributed by atoms with van der Waals surface area (Å²) in [4.78, 5) is 59.6. The maximum Gasteiger partial charge on any atom is 0.159 e. The lowest BCUT2D eigenvalue weighted by molar-refractivity contribution is 1.05. The Morgan fingerprint density at radius 1 is 0.235 bits per heavy atom. The summed E-state index contributed by atoms with van der Waals surface area (Å²) in [5, 5.41) is 10.5. The molecule has 0 radical (unpaired) electrons. The van der Waals surface area contributed by atoms with Gasteiger partial charge in [0.1, 0.15) is 5.82 Å². The van der Waals surface area contributed by atoms with Gasteiger partial charge in [0, 0.05) is 150 Å². The maximum atomic E-state index is 4.37. The zero-order valence-electron chi connectivity index (χ0n) is 64.4. The number of para-hydroxylation sites is 1. The second kappa shape index (κ2) is 47.8. The van der Waals surface area contributed by atoms with Crippen LogP contribution in [0.1, 0.15) is 177 Å². The molecule has 0 aliphatic carbocycles. The molecule has 98 heavy (non-hydrogen) atoms. The molecule has 14 aromatic rings. The Labute approximate surface area is 587 Å². The third kappa shape index (κ3) is 27.2. The number of nitrogens with zero attached hydrogens (tertiary/aromatic N) is 14. The van der Waals surface area contributed by atoms with Crippen LogP contribution in [0, 0.1) is 96.9 Å². The van der Waals surface area contributed by atoms with Gasteiger partial charge in [0.05, 0.1) is 34.0 Å². The van der Waals surface area contributed by atoms with Crippen molar-refractivity contribution in [2.45, 2.75) is 194 Å². The monoisotopic (exact) mass is 1320 g/mol. The molecule has 0 unspecified atom stereocenters. The first-order chi connectivity index (χ1) is 47.4. The van der Waals surface area contributed by atoms with Gasteiger partial charge in [-0.05, 0) is 204 Å². The van der Waals surface area contributed by atoms with Gasteiger partial charge in [-0.3, -0.25) is 49.8 Å². The van der Waals surface area contributed by atoms with E-state index >= 15 is 0 Å². The van der Waals surface area contributed by atoms with Crippen LogP contribution in [0.4, 0.5) is 0 Å². The van der Waals surface area contributed by atoms with E-state index < -0.39 is 0 Å². The van der Waals surface area contributed by atoms with E-state index in [1.807, 2.05) is 271 Å². The van der Waals surface area contributed by atoms with Gasteiger partial charge >= 0.3 is 0 Å². The average molecular weight is 1320 g/mol. The molecule has 0 spiro atoms. The Balaban J connectivity index is 0.000000554. The van der Waals surface area contributed by atoms with Crippen LogP contribution in [0.2, 0.25) is 0 Å². The quantitative estimate of drug-likeness (QED) is 0.140. The van der Waals surface area contributed by atoms with Crippen LogP contribution < -0.4 is 0 Å². The fourth-order valence-corrected chi connectivity index (χ4v) is 9.84. The molecule has 13 aromatic heterocycles. The van der Waals surface area contributed by atoms with Gasteiger partial charge in [-0.2, -0.15) is 0 Å². The number of aromatic nitrogens is 14. The summed E-state index contributed by atoms with van der Waals surface area (Å²) in [5.41, 5.74) is 18.9. The van der Waals surface area contributed by atoms with Crippen molar-refractivity contribution in [3.63, 3.8) is 0 Å². The van der Waals surface area contributed by atoms with Crippen molar-refractivity contribution in [3.8, 4) is 0 Å². The highest BCUT2D eigenvalue weighted by atomic mass is 14.9. The first-order valence-electron chi connectivity index (χ1n) is 34.7. The fraction of sp³-hybridized carbons (Fsp3) is 0.333. The van der Waals surface area contributed by atoms with Crippen LogP contribution in [-0.2, 0) is 0 Å². The van der Waals surface area contributed by atoms with Gasteiger partial charge in [0.2, 0.25) is 0 Å². The van der Waals surface area contributed by atoms with E-state index in [4.69, 9.17) is 0 Å². The van der Waals surface area contributed by atoms with Crippen molar-refractivity contribution in [1.29, 1.82) is 0 Å². The Bertz CT molecular complexity index is 3770. The van der Waals surface area contributed by atoms with E-state index in [2.05, 4.69) is 120 Å². The zero-order valence-corrected chi connectivity index (χ0v) is 64.4. The molecule has 0 aliphatic heterocycles. The summed E-state index contributed by atoms with van der Waals surface area (Å²) in [5.74, 6) is 0.839. The molecule has 0 fully saturated rings. The molecule has 518 valence electrons. The van der Waals surface area contributed by atoms with Crippen LogP contribution in [-0.4, -0.2) is 69.8 Å². The molecule has 0 bridgehead atoms. The van der Waals surface area contributed by atoms with Crippen LogP contribution in [0.3, 0.4) is 0 Å². The molecule has 14 heteroatoms. The van der Waals surface area contributed by atoms with Gasteiger partial charge in [0.15, 0.2) is 5.65 Å². The first kappa shape index (κ1) is 85.9. The topological polar surface area (TPSA) is 180 Å². The SMILES string of the molecule is CC.CC.CC.CC.CC.CC.CC.Cc1cc(C)c2cccnc2n1.Cc1cc(C)c2ccncc2n1.Cc1cc2cccnc2c(C)n1.Cc1cc2ccncc2c(C)n1.Cc1cc2cnccc2c(C)n1.Cc1cc2ncccc2c(C)n1.Cc1nc(C)c2ccccc2n1. The molecule has 1 aromatic carbocycles. The van der Waals surface area contributed by atoms with Crippen molar-refractivity contribution in [2.24, 2.45) is 0 Å². The van der Waals surface area contributed by atoms with Crippen molar-refractivity contribution in [3.05, 3.63) is 251 Å². The van der Waals surface area contributed by atoms with E-state index in [9.17, 15) is 0 Å². The molecule has 0 saturated carbocycles. The smallest absolute Gasteiger partial charge is 0.159 e. The Hall–Kier alpha value is -10.1. The molecule has 0 saturated heterocycles. The van der Waals surface area contributed by atoms with Gasteiger partial charge in [-0.15, -0.1) is 0 Å². The molecule has 0 aliphatic rings. The Morgan fingerprint density at radius 2 is 0.663 bits per heavy atom. The number of rotatable bonds is 0. The van der Waals surface area contributed by atoms with Crippen molar-refractivity contribution in [2.75, 3.05) is 0 Å². The van der Waals surface area contributed by atoms with Gasteiger partial charge < -0.3 is 0 Å². The van der Waals surface area contributed by atoms with Crippen LogP contribution in [0.25, 0.3) is 76.2 Å². The molecule has 0 atom stereocenters. The van der Waals surface area contributed by atoms with E-state index in [-0.39, 0.29) is 0 Å². The molecule has 14 nitrogen and oxygen atoms in total. The van der Waals surface area contributed by atoms with Gasteiger partial charge in [-0.25, -0.2) is 19.9 Å². The van der Waals surface area contributed by atoms with E-state index in [1.165, 1.54) is 38.1 Å². The van der Waals surface area contributed by atoms with Crippen molar-refractivity contribution in [1.82, 2.24) is 69.8 Å². The minimum absolute atomic E-state index is 0.839. The van der Waals surface area contributed by atoms with E-state index in [0.717, 1.165) is 118 Å². The highest BCUT2D eigenvalue weighted by Gasteiger charge is 2.04. The summed E-state index contributed by atoms with van der Waals surface area (Å²) in [6.45, 7) is 56.1. The lowest BCUT2D eigenvalue weighted by atomic mass is 10.1. The molecule has 13 heterocycles. The van der Waals surface area contributed by atoms with Gasteiger partial charge in [-0.1, -0.05) is 121 Å². The van der Waals surface area contributed by atoms with Gasteiger partial charge in [0.25, 0.3) is 0 Å². The predicted molar refractivity (Wildman–Crippen MR) is 423 cm³/mol. The number of benzene rings is 1. The summed E-state index contributed by atoms with van der Waals surface area (Å²) in [6, 6.07) is 38.4. The normalized spacial score (nSPS) is 9.43. The molecule has 0 N–H and O–H groups in total. The molecular weight excluding hydrogens is 1210 g/mol. The average Bonchev–Trinajstić information content (AvgIpc) is 1.02. The second-order valence-electron chi connectivity index (χ2n) is 20.5. The summed E-state index contributed by atoms with van der Waals surface area (Å²) in [7, 11) is 0. The standard InChI is InChI=1S/7C10H10N2.7C2H6/c1-7-5-9-6-11-4-3-10(9)8(2)12-7;1-7-5-9-3-4-11-6-10(9)8(2)12-7;1-7-5-8(2)12-10-6-11-4-3-9(7)10;1-7-6-10-9(8(2)12-7)4-3-5-11-10;1-7-6-9-4-3-5-11-10(9)8(2)12-7;1-7-6-8(2)12-10-9(7)4-3-5-11-10;1-7-9-5-3-4-6-10(9)12-8(2)11-7;7*1-2/h7*3-6H,1-2H3;7*1-2H3. The highest BCUT2D eigenvalue weighted by molar-refractivity contribution is 5.86. The van der Waals surface area contributed by atoms with Crippen LogP contribution >= 0.6 is 0 Å². The van der Waals surface area contributed by atoms with E-state index in [0.29, 0.717) is 0 Å². The van der Waals surface area contributed by atoms with E-state index in [1.54, 1.807) is 43.4 Å². The molecule has 0 amide bonds. The number of fused-ring (bicyclic) bond motifs is 7. The Kier molecular flexibility index (Phi) is 41.9. The molecular formula is C84H112N14. The Morgan fingerprint density at radius 3 is 1.31 bits per heavy atom. The third-order valence-electron chi connectivity index (χ3n) is 13.5. The minimum Gasteiger partial charge on any atom is -0.264 e. The highest BCUT2D eigenvalue weighted by Crippen LogP contribution is 2.21. The lowest BCUT2D eigenvalue weighted by Gasteiger charge is -2.01. The second-order valence-corrected chi connectivity index (χ2v) is 20.5. The summed E-state index contributed by atoms with van der Waals surface area (Å²) >= 11 is 0. The predicted octanol–water partition coefficient (Wildman–Crippen LogP) is 22.9.